The van der Waals surface area contributed by atoms with E-state index >= 15 is 0 Å². The number of hydrogen-bond donors (Lipinski definition) is 0. The minimum absolute atomic E-state index is 0.714. The van der Waals surface area contributed by atoms with Crippen molar-refractivity contribution in [3.8, 4) is 0 Å². The van der Waals surface area contributed by atoms with E-state index in [1.54, 1.807) is 0 Å². The molecule has 4 nitrogen and oxygen atoms in total. The molecule has 19 heavy (non-hydrogen) atoms. The molecule has 1 atom stereocenters. The maximum Gasteiger partial charge on any atom is 0.158 e. The summed E-state index contributed by atoms with van der Waals surface area (Å²) in [6.45, 7) is 7.95. The van der Waals surface area contributed by atoms with Crippen LogP contribution in [0.1, 0.15) is 31.2 Å². The second kappa shape index (κ2) is 5.29. The number of fused-ring (bicyclic) bond motifs is 1. The van der Waals surface area contributed by atoms with E-state index in [2.05, 4.69) is 29.9 Å². The van der Waals surface area contributed by atoms with Gasteiger partial charge in [0.2, 0.25) is 0 Å². The molecule has 0 bridgehead atoms. The molecule has 0 N–H and O–H groups in total. The molecule has 0 aliphatic carbocycles. The predicted octanol–water partition coefficient (Wildman–Crippen LogP) is 2.31. The van der Waals surface area contributed by atoms with Crippen LogP contribution >= 0.6 is 0 Å². The number of rotatable bonds is 3. The summed E-state index contributed by atoms with van der Waals surface area (Å²) >= 11 is 0. The van der Waals surface area contributed by atoms with Gasteiger partial charge in [0.05, 0.1) is 0 Å². The molecule has 2 aromatic rings. The Morgan fingerprint density at radius 1 is 1.42 bits per heavy atom. The van der Waals surface area contributed by atoms with E-state index in [1.807, 2.05) is 16.8 Å². The third-order valence-electron chi connectivity index (χ3n) is 4.12. The van der Waals surface area contributed by atoms with Crippen molar-refractivity contribution < 1.29 is 0 Å². The van der Waals surface area contributed by atoms with Crippen molar-refractivity contribution in [2.75, 3.05) is 19.6 Å². The summed E-state index contributed by atoms with van der Waals surface area (Å²) in [6, 6.07) is 4.12. The lowest BCUT2D eigenvalue weighted by Crippen LogP contribution is -2.36. The minimum Gasteiger partial charge on any atom is -0.303 e. The molecule has 1 saturated heterocycles. The van der Waals surface area contributed by atoms with Crippen LogP contribution < -0.4 is 0 Å². The lowest BCUT2D eigenvalue weighted by atomic mass is 9.94. The monoisotopic (exact) mass is 258 g/mol. The molecule has 0 spiro atoms. The number of nitrogens with zero attached hydrogens (tertiary/aromatic N) is 4. The average molecular weight is 258 g/mol. The van der Waals surface area contributed by atoms with Crippen LogP contribution in [0.3, 0.4) is 0 Å². The summed E-state index contributed by atoms with van der Waals surface area (Å²) in [5.74, 6) is 1.71. The minimum atomic E-state index is 0.714. The summed E-state index contributed by atoms with van der Waals surface area (Å²) < 4.78 is 1.91. The molecule has 0 amide bonds. The van der Waals surface area contributed by atoms with Crippen LogP contribution in [-0.4, -0.2) is 39.1 Å². The van der Waals surface area contributed by atoms with Crippen molar-refractivity contribution in [2.24, 2.45) is 5.92 Å². The fourth-order valence-corrected chi connectivity index (χ4v) is 3.03. The molecule has 0 saturated carbocycles. The second-order valence-corrected chi connectivity index (χ2v) is 5.59. The average Bonchev–Trinajstić information content (AvgIpc) is 2.83. The topological polar surface area (TPSA) is 33.4 Å². The Morgan fingerprint density at radius 2 is 2.32 bits per heavy atom. The molecule has 3 heterocycles. The van der Waals surface area contributed by atoms with Crippen molar-refractivity contribution in [1.82, 2.24) is 19.5 Å². The van der Waals surface area contributed by atoms with Gasteiger partial charge in [0.25, 0.3) is 0 Å². The van der Waals surface area contributed by atoms with Crippen molar-refractivity contribution in [2.45, 2.75) is 33.1 Å². The molecular formula is C15H22N4. The molecule has 1 fully saturated rings. The standard InChI is InChI=1S/C15H22N4/c1-3-18-8-5-7-13(11-18)10-14-16-15-12(2)6-4-9-19(15)17-14/h4,6,9,13H,3,5,7-8,10-11H2,1-2H3. The van der Waals surface area contributed by atoms with Crippen molar-refractivity contribution in [3.05, 3.63) is 29.7 Å². The van der Waals surface area contributed by atoms with Crippen LogP contribution in [-0.2, 0) is 6.42 Å². The first kappa shape index (κ1) is 12.6. The van der Waals surface area contributed by atoms with Crippen molar-refractivity contribution >= 4 is 5.65 Å². The van der Waals surface area contributed by atoms with Crippen LogP contribution in [0.25, 0.3) is 5.65 Å². The van der Waals surface area contributed by atoms with Gasteiger partial charge in [0, 0.05) is 19.2 Å². The molecule has 1 unspecified atom stereocenters. The maximum atomic E-state index is 4.69. The summed E-state index contributed by atoms with van der Waals surface area (Å²) in [6.07, 6.45) is 5.62. The van der Waals surface area contributed by atoms with E-state index in [9.17, 15) is 0 Å². The lowest BCUT2D eigenvalue weighted by molar-refractivity contribution is 0.181. The van der Waals surface area contributed by atoms with Crippen LogP contribution in [0, 0.1) is 12.8 Å². The highest BCUT2D eigenvalue weighted by Gasteiger charge is 2.20. The number of likely N-dealkylation sites (tertiary alicyclic amines) is 1. The first-order valence-electron chi connectivity index (χ1n) is 7.29. The molecule has 4 heteroatoms. The third-order valence-corrected chi connectivity index (χ3v) is 4.12. The van der Waals surface area contributed by atoms with Gasteiger partial charge in [0.15, 0.2) is 11.5 Å². The van der Waals surface area contributed by atoms with Crippen molar-refractivity contribution in [3.63, 3.8) is 0 Å². The number of hydrogen-bond acceptors (Lipinski definition) is 3. The van der Waals surface area contributed by atoms with Crippen LogP contribution in [0.4, 0.5) is 0 Å². The molecule has 2 aromatic heterocycles. The van der Waals surface area contributed by atoms with Crippen LogP contribution in [0.5, 0.6) is 0 Å². The van der Waals surface area contributed by atoms with E-state index in [1.165, 1.54) is 31.5 Å². The molecule has 0 radical (unpaired) electrons. The van der Waals surface area contributed by atoms with Gasteiger partial charge in [0.1, 0.15) is 0 Å². The van der Waals surface area contributed by atoms with E-state index in [4.69, 9.17) is 4.98 Å². The molecule has 1 aliphatic heterocycles. The lowest BCUT2D eigenvalue weighted by Gasteiger charge is -2.31. The summed E-state index contributed by atoms with van der Waals surface area (Å²) in [5.41, 5.74) is 2.20. The van der Waals surface area contributed by atoms with Gasteiger partial charge >= 0.3 is 0 Å². The first-order chi connectivity index (χ1) is 9.26. The fraction of sp³-hybridized carbons (Fsp3) is 0.600. The smallest absolute Gasteiger partial charge is 0.158 e. The number of aromatic nitrogens is 3. The highest BCUT2D eigenvalue weighted by atomic mass is 15.3. The Kier molecular flexibility index (Phi) is 3.51. The highest BCUT2D eigenvalue weighted by molar-refractivity contribution is 5.45. The first-order valence-corrected chi connectivity index (χ1v) is 7.29. The second-order valence-electron chi connectivity index (χ2n) is 5.59. The summed E-state index contributed by atoms with van der Waals surface area (Å²) in [7, 11) is 0. The SMILES string of the molecule is CCN1CCCC(Cc2nc3c(C)cccn3n2)C1. The van der Waals surface area contributed by atoms with Gasteiger partial charge in [-0.25, -0.2) is 9.50 Å². The summed E-state index contributed by atoms with van der Waals surface area (Å²) in [5, 5.41) is 4.61. The molecule has 1 aliphatic rings. The third kappa shape index (κ3) is 2.63. The quantitative estimate of drug-likeness (QED) is 0.847. The Balaban J connectivity index is 1.76. The van der Waals surface area contributed by atoms with Gasteiger partial charge < -0.3 is 4.90 Å². The van der Waals surface area contributed by atoms with Crippen LogP contribution in [0.15, 0.2) is 18.3 Å². The van der Waals surface area contributed by atoms with E-state index in [0.717, 1.165) is 24.4 Å². The van der Waals surface area contributed by atoms with Gasteiger partial charge in [-0.05, 0) is 50.4 Å². The molecular weight excluding hydrogens is 236 g/mol. The zero-order chi connectivity index (χ0) is 13.2. The largest absolute Gasteiger partial charge is 0.303 e. The van der Waals surface area contributed by atoms with E-state index < -0.39 is 0 Å². The van der Waals surface area contributed by atoms with Crippen LogP contribution in [0.2, 0.25) is 0 Å². The van der Waals surface area contributed by atoms with Gasteiger partial charge in [-0.15, -0.1) is 0 Å². The number of pyridine rings is 1. The number of piperidine rings is 1. The number of aryl methyl sites for hydroxylation is 1. The van der Waals surface area contributed by atoms with Gasteiger partial charge in [-0.3, -0.25) is 0 Å². The van der Waals surface area contributed by atoms with Crippen molar-refractivity contribution in [1.29, 1.82) is 0 Å². The highest BCUT2D eigenvalue weighted by Crippen LogP contribution is 2.20. The Hall–Kier alpha value is -1.42. The van der Waals surface area contributed by atoms with E-state index in [-0.39, 0.29) is 0 Å². The van der Waals surface area contributed by atoms with Gasteiger partial charge in [-0.1, -0.05) is 13.0 Å². The van der Waals surface area contributed by atoms with E-state index in [0.29, 0.717) is 5.92 Å². The Morgan fingerprint density at radius 3 is 3.11 bits per heavy atom. The predicted molar refractivity (Wildman–Crippen MR) is 76.3 cm³/mol. The summed E-state index contributed by atoms with van der Waals surface area (Å²) in [4.78, 5) is 7.23. The zero-order valence-corrected chi connectivity index (χ0v) is 11.8. The fourth-order valence-electron chi connectivity index (χ4n) is 3.03. The molecule has 3 rings (SSSR count). The Labute approximate surface area is 114 Å². The molecule has 0 aromatic carbocycles. The van der Waals surface area contributed by atoms with Gasteiger partial charge in [-0.2, -0.15) is 5.10 Å². The zero-order valence-electron chi connectivity index (χ0n) is 11.8. The molecule has 102 valence electrons. The Bertz CT molecular complexity index is 560. The maximum absolute atomic E-state index is 4.69. The normalized spacial score (nSPS) is 21.1.